The van der Waals surface area contributed by atoms with E-state index in [9.17, 15) is 9.59 Å². The first kappa shape index (κ1) is 19.0. The Labute approximate surface area is 163 Å². The van der Waals surface area contributed by atoms with Gasteiger partial charge in [-0.05, 0) is 43.5 Å². The molecule has 26 heavy (non-hydrogen) atoms. The van der Waals surface area contributed by atoms with Gasteiger partial charge in [-0.25, -0.2) is 4.79 Å². The van der Waals surface area contributed by atoms with E-state index < -0.39 is 5.97 Å². The molecule has 1 heterocycles. The number of hydrogen-bond donors (Lipinski definition) is 0. The van der Waals surface area contributed by atoms with Crippen molar-refractivity contribution in [3.63, 3.8) is 0 Å². The molecule has 0 atom stereocenters. The van der Waals surface area contributed by atoms with Crippen molar-refractivity contribution >= 4 is 41.2 Å². The summed E-state index contributed by atoms with van der Waals surface area (Å²) in [7, 11) is 1.33. The Balaban J connectivity index is 2.04. The fourth-order valence-corrected chi connectivity index (χ4v) is 4.05. The maximum absolute atomic E-state index is 13.2. The molecule has 1 saturated carbocycles. The largest absolute Gasteiger partial charge is 0.465 e. The van der Waals surface area contributed by atoms with E-state index in [4.69, 9.17) is 27.9 Å². The van der Waals surface area contributed by atoms with E-state index in [-0.39, 0.29) is 11.9 Å². The second-order valence-corrected chi connectivity index (χ2v) is 7.46. The molecule has 6 heteroatoms. The second kappa shape index (κ2) is 7.85. The lowest BCUT2D eigenvalue weighted by Crippen LogP contribution is -2.37. The van der Waals surface area contributed by atoms with Crippen molar-refractivity contribution < 1.29 is 14.3 Å². The number of carbonyl (C=O) groups excluding carboxylic acids is 2. The van der Waals surface area contributed by atoms with Crippen LogP contribution >= 0.6 is 23.2 Å². The lowest BCUT2D eigenvalue weighted by atomic mass is 9.94. The average Bonchev–Trinajstić information content (AvgIpc) is 2.88. The number of esters is 1. The number of rotatable bonds is 3. The summed E-state index contributed by atoms with van der Waals surface area (Å²) in [4.78, 5) is 27.3. The van der Waals surface area contributed by atoms with E-state index in [1.54, 1.807) is 29.2 Å². The average molecular weight is 394 g/mol. The predicted octanol–water partition coefficient (Wildman–Crippen LogP) is 5.00. The van der Waals surface area contributed by atoms with Crippen LogP contribution in [0.3, 0.4) is 0 Å². The third-order valence-corrected chi connectivity index (χ3v) is 5.76. The molecule has 0 spiro atoms. The SMILES string of the molecule is COC(=O)C1=C(C)N(C2CCCCC2)C(=O)/C1=C\c1ccc(Cl)c(Cl)c1. The molecule has 1 amide bonds. The molecule has 4 nitrogen and oxygen atoms in total. The van der Waals surface area contributed by atoms with Gasteiger partial charge in [0.2, 0.25) is 0 Å². The number of halogens is 2. The Bertz CT molecular complexity index is 807. The molecule has 0 N–H and O–H groups in total. The lowest BCUT2D eigenvalue weighted by molar-refractivity contribution is -0.136. The Morgan fingerprint density at radius 3 is 2.50 bits per heavy atom. The first-order valence-corrected chi connectivity index (χ1v) is 9.49. The molecule has 3 rings (SSSR count). The zero-order valence-corrected chi connectivity index (χ0v) is 16.4. The number of ether oxygens (including phenoxy) is 1. The zero-order valence-electron chi connectivity index (χ0n) is 14.9. The minimum Gasteiger partial charge on any atom is -0.465 e. The maximum atomic E-state index is 13.2. The number of nitrogens with zero attached hydrogens (tertiary/aromatic N) is 1. The van der Waals surface area contributed by atoms with Gasteiger partial charge in [-0.3, -0.25) is 4.79 Å². The monoisotopic (exact) mass is 393 g/mol. The smallest absolute Gasteiger partial charge is 0.340 e. The molecule has 1 aromatic carbocycles. The lowest BCUT2D eigenvalue weighted by Gasteiger charge is -2.32. The molecule has 0 unspecified atom stereocenters. The maximum Gasteiger partial charge on any atom is 0.340 e. The van der Waals surface area contributed by atoms with Crippen molar-refractivity contribution in [3.05, 3.63) is 50.7 Å². The highest BCUT2D eigenvalue weighted by Crippen LogP contribution is 2.37. The number of methoxy groups -OCH3 is 1. The van der Waals surface area contributed by atoms with Crippen molar-refractivity contribution in [2.24, 2.45) is 0 Å². The van der Waals surface area contributed by atoms with Gasteiger partial charge in [-0.2, -0.15) is 0 Å². The third-order valence-electron chi connectivity index (χ3n) is 5.03. The molecule has 1 aromatic rings. The Kier molecular flexibility index (Phi) is 5.73. The summed E-state index contributed by atoms with van der Waals surface area (Å²) in [5, 5.41) is 0.839. The van der Waals surface area contributed by atoms with Crippen LogP contribution in [0.5, 0.6) is 0 Å². The van der Waals surface area contributed by atoms with Gasteiger partial charge in [-0.15, -0.1) is 0 Å². The van der Waals surface area contributed by atoms with Crippen molar-refractivity contribution in [1.82, 2.24) is 4.90 Å². The number of benzene rings is 1. The summed E-state index contributed by atoms with van der Waals surface area (Å²) >= 11 is 12.0. The molecule has 138 valence electrons. The van der Waals surface area contributed by atoms with Crippen LogP contribution in [0.25, 0.3) is 6.08 Å². The molecule has 0 radical (unpaired) electrons. The minimum atomic E-state index is -0.500. The summed E-state index contributed by atoms with van der Waals surface area (Å²) in [6.07, 6.45) is 6.98. The molecule has 2 aliphatic rings. The van der Waals surface area contributed by atoms with Gasteiger partial charge >= 0.3 is 5.97 Å². The molecular formula is C20H21Cl2NO3. The Morgan fingerprint density at radius 2 is 1.88 bits per heavy atom. The predicted molar refractivity (Wildman–Crippen MR) is 103 cm³/mol. The Hall–Kier alpha value is -1.78. The molecule has 1 fully saturated rings. The summed E-state index contributed by atoms with van der Waals surface area (Å²) < 4.78 is 4.94. The first-order valence-electron chi connectivity index (χ1n) is 8.74. The van der Waals surface area contributed by atoms with Crippen LogP contribution in [0.2, 0.25) is 10.0 Å². The normalized spacial score (nSPS) is 20.2. The molecule has 1 aliphatic heterocycles. The van der Waals surface area contributed by atoms with Crippen LogP contribution in [0.1, 0.15) is 44.6 Å². The van der Waals surface area contributed by atoms with Gasteiger partial charge in [0, 0.05) is 11.7 Å². The van der Waals surface area contributed by atoms with Crippen LogP contribution in [-0.2, 0) is 14.3 Å². The first-order chi connectivity index (χ1) is 12.4. The number of allylic oxidation sites excluding steroid dienone is 1. The number of carbonyl (C=O) groups is 2. The summed E-state index contributed by atoms with van der Waals surface area (Å²) in [6.45, 7) is 1.81. The highest BCUT2D eigenvalue weighted by Gasteiger charge is 2.40. The van der Waals surface area contributed by atoms with Gasteiger partial charge in [0.15, 0.2) is 0 Å². The second-order valence-electron chi connectivity index (χ2n) is 6.65. The molecule has 0 aromatic heterocycles. The Morgan fingerprint density at radius 1 is 1.19 bits per heavy atom. The van der Waals surface area contributed by atoms with Crippen LogP contribution < -0.4 is 0 Å². The van der Waals surface area contributed by atoms with E-state index in [2.05, 4.69) is 0 Å². The van der Waals surface area contributed by atoms with Crippen molar-refractivity contribution in [2.75, 3.05) is 7.11 Å². The third kappa shape index (κ3) is 3.53. The molecule has 0 bridgehead atoms. The van der Waals surface area contributed by atoms with Gasteiger partial charge in [-0.1, -0.05) is 48.5 Å². The molecule has 1 aliphatic carbocycles. The van der Waals surface area contributed by atoms with Crippen LogP contribution in [-0.4, -0.2) is 29.9 Å². The highest BCUT2D eigenvalue weighted by atomic mass is 35.5. The molecular weight excluding hydrogens is 373 g/mol. The van der Waals surface area contributed by atoms with E-state index in [0.29, 0.717) is 32.5 Å². The van der Waals surface area contributed by atoms with E-state index >= 15 is 0 Å². The van der Waals surface area contributed by atoms with Crippen molar-refractivity contribution in [3.8, 4) is 0 Å². The van der Waals surface area contributed by atoms with E-state index in [1.165, 1.54) is 13.5 Å². The van der Waals surface area contributed by atoms with Crippen molar-refractivity contribution in [1.29, 1.82) is 0 Å². The fourth-order valence-electron chi connectivity index (χ4n) is 3.75. The van der Waals surface area contributed by atoms with Gasteiger partial charge in [0.05, 0.1) is 28.3 Å². The zero-order chi connectivity index (χ0) is 18.8. The van der Waals surface area contributed by atoms with Crippen LogP contribution in [0.15, 0.2) is 35.0 Å². The quantitative estimate of drug-likeness (QED) is 0.536. The summed E-state index contributed by atoms with van der Waals surface area (Å²) in [5.74, 6) is -0.652. The molecule has 0 saturated heterocycles. The van der Waals surface area contributed by atoms with Crippen LogP contribution in [0, 0.1) is 0 Å². The fraction of sp³-hybridized carbons (Fsp3) is 0.400. The number of amides is 1. The van der Waals surface area contributed by atoms with Gasteiger partial charge in [0.25, 0.3) is 5.91 Å². The van der Waals surface area contributed by atoms with Gasteiger partial charge < -0.3 is 9.64 Å². The number of hydrogen-bond acceptors (Lipinski definition) is 3. The topological polar surface area (TPSA) is 46.6 Å². The summed E-state index contributed by atoms with van der Waals surface area (Å²) in [5.41, 5.74) is 2.05. The summed E-state index contributed by atoms with van der Waals surface area (Å²) in [6, 6.07) is 5.25. The minimum absolute atomic E-state index is 0.135. The standard InChI is InChI=1S/C20H21Cl2NO3/c1-12-18(20(25)26-2)15(10-13-8-9-16(21)17(22)11-13)19(24)23(12)14-6-4-3-5-7-14/h8-11,14H,3-7H2,1-2H3/b15-10-. The van der Waals surface area contributed by atoms with Crippen molar-refractivity contribution in [2.45, 2.75) is 45.1 Å². The highest BCUT2D eigenvalue weighted by molar-refractivity contribution is 6.42. The van der Waals surface area contributed by atoms with Gasteiger partial charge in [0.1, 0.15) is 0 Å². The van der Waals surface area contributed by atoms with Crippen LogP contribution in [0.4, 0.5) is 0 Å². The van der Waals surface area contributed by atoms with E-state index in [0.717, 1.165) is 25.7 Å². The van der Waals surface area contributed by atoms with E-state index in [1.807, 2.05) is 6.92 Å².